The topological polar surface area (TPSA) is 80.0 Å². The van der Waals surface area contributed by atoms with Gasteiger partial charge < -0.3 is 19.2 Å². The van der Waals surface area contributed by atoms with Gasteiger partial charge in [0.05, 0.1) is 18.9 Å². The zero-order valence-electron chi connectivity index (χ0n) is 16.4. The average Bonchev–Trinajstić information content (AvgIpc) is 3.40. The summed E-state index contributed by atoms with van der Waals surface area (Å²) in [5.41, 5.74) is 1.49. The van der Waals surface area contributed by atoms with E-state index in [1.54, 1.807) is 43.5 Å². The molecule has 6 heteroatoms. The Kier molecular flexibility index (Phi) is 5.39. The smallest absolute Gasteiger partial charge is 0.295 e. The van der Waals surface area contributed by atoms with Crippen LogP contribution in [0.2, 0.25) is 0 Å². The van der Waals surface area contributed by atoms with Crippen LogP contribution >= 0.6 is 0 Å². The largest absolute Gasteiger partial charge is 0.507 e. The molecule has 6 nitrogen and oxygen atoms in total. The molecule has 30 heavy (non-hydrogen) atoms. The van der Waals surface area contributed by atoms with Crippen LogP contribution in [-0.2, 0) is 16.0 Å². The molecule has 0 aliphatic carbocycles. The van der Waals surface area contributed by atoms with Crippen molar-refractivity contribution >= 4 is 17.4 Å². The number of likely N-dealkylation sites (tertiary alicyclic amines) is 1. The summed E-state index contributed by atoms with van der Waals surface area (Å²) in [5.74, 6) is -0.561. The third-order valence-corrected chi connectivity index (χ3v) is 5.20. The van der Waals surface area contributed by atoms with E-state index in [9.17, 15) is 14.7 Å². The molecule has 0 spiro atoms. The molecule has 3 aromatic rings. The van der Waals surface area contributed by atoms with Gasteiger partial charge in [-0.15, -0.1) is 0 Å². The fraction of sp³-hybridized carbons (Fsp3) is 0.167. The van der Waals surface area contributed by atoms with Crippen LogP contribution < -0.4 is 4.74 Å². The third kappa shape index (κ3) is 3.59. The summed E-state index contributed by atoms with van der Waals surface area (Å²) in [6, 6.07) is 19.0. The molecule has 1 N–H and O–H groups in total. The first-order chi connectivity index (χ1) is 14.6. The number of methoxy groups -OCH3 is 1. The maximum atomic E-state index is 12.9. The Morgan fingerprint density at radius 2 is 1.77 bits per heavy atom. The summed E-state index contributed by atoms with van der Waals surface area (Å²) in [5, 5.41) is 10.9. The number of hydrogen-bond acceptors (Lipinski definition) is 5. The van der Waals surface area contributed by atoms with Crippen molar-refractivity contribution in [1.82, 2.24) is 4.90 Å². The van der Waals surface area contributed by atoms with Gasteiger partial charge in [0.1, 0.15) is 23.3 Å². The number of Topliss-reactive ketones (excluding diaryl/α,β-unsaturated/α-hetero) is 1. The lowest BCUT2D eigenvalue weighted by Crippen LogP contribution is -2.31. The molecule has 1 aromatic heterocycles. The predicted octanol–water partition coefficient (Wildman–Crippen LogP) is 3.95. The van der Waals surface area contributed by atoms with Gasteiger partial charge in [-0.05, 0) is 48.4 Å². The predicted molar refractivity (Wildman–Crippen MR) is 111 cm³/mol. The number of aliphatic hydroxyl groups is 1. The first kappa shape index (κ1) is 19.5. The molecule has 1 atom stereocenters. The number of rotatable bonds is 6. The zero-order chi connectivity index (χ0) is 21.1. The Morgan fingerprint density at radius 3 is 2.40 bits per heavy atom. The molecular formula is C24H21NO5. The lowest BCUT2D eigenvalue weighted by molar-refractivity contribution is -0.140. The summed E-state index contributed by atoms with van der Waals surface area (Å²) >= 11 is 0. The Labute approximate surface area is 174 Å². The van der Waals surface area contributed by atoms with E-state index in [1.807, 2.05) is 30.3 Å². The van der Waals surface area contributed by atoms with E-state index in [4.69, 9.17) is 9.15 Å². The van der Waals surface area contributed by atoms with E-state index >= 15 is 0 Å². The minimum absolute atomic E-state index is 0.0215. The number of ether oxygens (including phenoxy) is 1. The minimum Gasteiger partial charge on any atom is -0.507 e. The van der Waals surface area contributed by atoms with Crippen molar-refractivity contribution in [1.29, 1.82) is 0 Å². The number of amides is 1. The standard InChI is InChI=1S/C24H21NO5/c1-29-18-11-9-17(10-12-18)22(26)20-21(19-8-5-15-30-19)25(24(28)23(20)27)14-13-16-6-3-2-4-7-16/h2-12,15,21,26H,13-14H2,1H3/b22-20+. The van der Waals surface area contributed by atoms with Crippen molar-refractivity contribution in [3.8, 4) is 5.75 Å². The Bertz CT molecular complexity index is 1070. The van der Waals surface area contributed by atoms with Crippen molar-refractivity contribution < 1.29 is 23.8 Å². The highest BCUT2D eigenvalue weighted by Crippen LogP contribution is 2.39. The molecule has 1 fully saturated rings. The highest BCUT2D eigenvalue weighted by molar-refractivity contribution is 6.46. The zero-order valence-corrected chi connectivity index (χ0v) is 16.4. The number of ketones is 1. The molecule has 0 radical (unpaired) electrons. The van der Waals surface area contributed by atoms with E-state index in [0.29, 0.717) is 30.0 Å². The van der Waals surface area contributed by atoms with Crippen LogP contribution in [0.15, 0.2) is 83.0 Å². The maximum Gasteiger partial charge on any atom is 0.295 e. The average molecular weight is 403 g/mol. The molecule has 0 bridgehead atoms. The summed E-state index contributed by atoms with van der Waals surface area (Å²) in [6.45, 7) is 0.319. The fourth-order valence-electron chi connectivity index (χ4n) is 3.65. The molecule has 0 saturated carbocycles. The first-order valence-electron chi connectivity index (χ1n) is 9.60. The number of aliphatic hydroxyl groups excluding tert-OH is 1. The molecular weight excluding hydrogens is 382 g/mol. The van der Waals surface area contributed by atoms with Gasteiger partial charge >= 0.3 is 0 Å². The van der Waals surface area contributed by atoms with Crippen LogP contribution in [0.5, 0.6) is 5.75 Å². The maximum absolute atomic E-state index is 12.9. The van der Waals surface area contributed by atoms with Gasteiger partial charge in [0.15, 0.2) is 0 Å². The molecule has 1 saturated heterocycles. The molecule has 2 aromatic carbocycles. The quantitative estimate of drug-likeness (QED) is 0.383. The number of hydrogen-bond donors (Lipinski definition) is 1. The van der Waals surface area contributed by atoms with Gasteiger partial charge in [0.25, 0.3) is 11.7 Å². The number of benzene rings is 2. The van der Waals surface area contributed by atoms with E-state index in [-0.39, 0.29) is 11.3 Å². The summed E-state index contributed by atoms with van der Waals surface area (Å²) in [4.78, 5) is 27.2. The van der Waals surface area contributed by atoms with Crippen LogP contribution in [0.3, 0.4) is 0 Å². The van der Waals surface area contributed by atoms with Crippen molar-refractivity contribution in [3.05, 3.63) is 95.5 Å². The Balaban J connectivity index is 1.73. The van der Waals surface area contributed by atoms with Crippen LogP contribution in [0, 0.1) is 0 Å². The lowest BCUT2D eigenvalue weighted by Gasteiger charge is -2.23. The van der Waals surface area contributed by atoms with E-state index in [0.717, 1.165) is 5.56 Å². The van der Waals surface area contributed by atoms with Crippen LogP contribution in [0.25, 0.3) is 5.76 Å². The van der Waals surface area contributed by atoms with Gasteiger partial charge in [-0.3, -0.25) is 9.59 Å². The van der Waals surface area contributed by atoms with E-state index in [1.165, 1.54) is 11.2 Å². The number of furan rings is 1. The third-order valence-electron chi connectivity index (χ3n) is 5.20. The normalized spacial score (nSPS) is 18.0. The van der Waals surface area contributed by atoms with Crippen molar-refractivity contribution in [2.75, 3.05) is 13.7 Å². The molecule has 1 amide bonds. The molecule has 1 unspecified atom stereocenters. The molecule has 4 rings (SSSR count). The first-order valence-corrected chi connectivity index (χ1v) is 9.60. The molecule has 2 heterocycles. The Hall–Kier alpha value is -3.80. The summed E-state index contributed by atoms with van der Waals surface area (Å²) < 4.78 is 10.7. The highest BCUT2D eigenvalue weighted by atomic mass is 16.5. The number of carbonyl (C=O) groups excluding carboxylic acids is 2. The fourth-order valence-corrected chi connectivity index (χ4v) is 3.65. The van der Waals surface area contributed by atoms with Gasteiger partial charge in [-0.1, -0.05) is 30.3 Å². The molecule has 1 aliphatic rings. The van der Waals surface area contributed by atoms with Gasteiger partial charge in [0, 0.05) is 12.1 Å². The van der Waals surface area contributed by atoms with Gasteiger partial charge in [0.2, 0.25) is 0 Å². The Morgan fingerprint density at radius 1 is 1.03 bits per heavy atom. The number of carbonyl (C=O) groups is 2. The molecule has 152 valence electrons. The van der Waals surface area contributed by atoms with E-state index in [2.05, 4.69) is 0 Å². The van der Waals surface area contributed by atoms with Gasteiger partial charge in [-0.2, -0.15) is 0 Å². The SMILES string of the molecule is COc1ccc(/C(O)=C2\C(=O)C(=O)N(CCc3ccccc3)C2c2ccco2)cc1. The van der Waals surface area contributed by atoms with E-state index < -0.39 is 17.7 Å². The van der Waals surface area contributed by atoms with Crippen molar-refractivity contribution in [3.63, 3.8) is 0 Å². The highest BCUT2D eigenvalue weighted by Gasteiger charge is 2.47. The molecule has 1 aliphatic heterocycles. The minimum atomic E-state index is -0.786. The second-order valence-electron chi connectivity index (χ2n) is 6.97. The summed E-state index contributed by atoms with van der Waals surface area (Å²) in [6.07, 6.45) is 2.06. The summed E-state index contributed by atoms with van der Waals surface area (Å²) in [7, 11) is 1.55. The number of nitrogens with zero attached hydrogens (tertiary/aromatic N) is 1. The second kappa shape index (κ2) is 8.29. The van der Waals surface area contributed by atoms with Gasteiger partial charge in [-0.25, -0.2) is 0 Å². The van der Waals surface area contributed by atoms with Crippen LogP contribution in [-0.4, -0.2) is 35.4 Å². The monoisotopic (exact) mass is 403 g/mol. The lowest BCUT2D eigenvalue weighted by atomic mass is 9.99. The van der Waals surface area contributed by atoms with Crippen molar-refractivity contribution in [2.24, 2.45) is 0 Å². The van der Waals surface area contributed by atoms with Crippen LogP contribution in [0.1, 0.15) is 22.9 Å². The van der Waals surface area contributed by atoms with Crippen molar-refractivity contribution in [2.45, 2.75) is 12.5 Å². The van der Waals surface area contributed by atoms with Crippen LogP contribution in [0.4, 0.5) is 0 Å². The second-order valence-corrected chi connectivity index (χ2v) is 6.97.